The van der Waals surface area contributed by atoms with Crippen molar-refractivity contribution in [3.63, 3.8) is 0 Å². The van der Waals surface area contributed by atoms with E-state index in [1.54, 1.807) is 13.8 Å². The molecule has 0 aliphatic carbocycles. The largest absolute Gasteiger partial charge is 0.374 e. The third-order valence-corrected chi connectivity index (χ3v) is 3.64. The van der Waals surface area contributed by atoms with E-state index in [9.17, 15) is 0 Å². The summed E-state index contributed by atoms with van der Waals surface area (Å²) in [5.41, 5.74) is 5.63. The highest BCUT2D eigenvalue weighted by atomic mass is 32.1. The van der Waals surface area contributed by atoms with Crippen molar-refractivity contribution in [2.24, 2.45) is 0 Å². The van der Waals surface area contributed by atoms with Gasteiger partial charge in [0.15, 0.2) is 31.5 Å². The van der Waals surface area contributed by atoms with Gasteiger partial charge in [0, 0.05) is 25.4 Å². The second-order valence-corrected chi connectivity index (χ2v) is 7.17. The molecule has 0 bridgehead atoms. The number of nitrogens with zero attached hydrogens (tertiary/aromatic N) is 5. The molecule has 124 valence electrons. The predicted molar refractivity (Wildman–Crippen MR) is 92.4 cm³/mol. The summed E-state index contributed by atoms with van der Waals surface area (Å²) in [6.45, 7) is 4.92. The molecule has 0 saturated carbocycles. The topological polar surface area (TPSA) is 109 Å². The number of anilines is 1. The monoisotopic (exact) mass is 392 g/mol. The molecule has 9 nitrogen and oxygen atoms in total. The Morgan fingerprint density at radius 1 is 1.22 bits per heavy atom. The third kappa shape index (κ3) is 5.33. The van der Waals surface area contributed by atoms with Crippen LogP contribution in [0.2, 0.25) is 0 Å². The van der Waals surface area contributed by atoms with Crippen LogP contribution in [0.15, 0.2) is 0 Å². The van der Waals surface area contributed by atoms with E-state index in [2.05, 4.69) is 19.6 Å². The predicted octanol–water partition coefficient (Wildman–Crippen LogP) is 2.16. The Hall–Kier alpha value is -1.38. The minimum Gasteiger partial charge on any atom is -0.374 e. The van der Waals surface area contributed by atoms with Gasteiger partial charge in [0.05, 0.1) is 0 Å². The SMILES string of the molecule is CC(=S)ON(OC(C)=S)OC(c1nsc(N)n1)c1nnc(C)s1. The van der Waals surface area contributed by atoms with Crippen LogP contribution >= 0.6 is 47.3 Å². The van der Waals surface area contributed by atoms with Gasteiger partial charge in [-0.25, -0.2) is 9.82 Å². The Morgan fingerprint density at radius 2 is 1.87 bits per heavy atom. The van der Waals surface area contributed by atoms with Gasteiger partial charge in [-0.05, 0) is 31.4 Å². The summed E-state index contributed by atoms with van der Waals surface area (Å²) < 4.78 is 4.13. The van der Waals surface area contributed by atoms with Crippen LogP contribution in [0.5, 0.6) is 0 Å². The fraction of sp³-hybridized carbons (Fsp3) is 0.400. The van der Waals surface area contributed by atoms with Crippen molar-refractivity contribution in [1.29, 1.82) is 0 Å². The zero-order valence-electron chi connectivity index (χ0n) is 12.2. The first-order valence-electron chi connectivity index (χ1n) is 6.08. The summed E-state index contributed by atoms with van der Waals surface area (Å²) in [6, 6.07) is 0. The van der Waals surface area contributed by atoms with E-state index in [4.69, 9.17) is 44.7 Å². The van der Waals surface area contributed by atoms with Crippen LogP contribution in [-0.2, 0) is 14.5 Å². The maximum absolute atomic E-state index is 5.63. The summed E-state index contributed by atoms with van der Waals surface area (Å²) in [7, 11) is 0. The lowest BCUT2D eigenvalue weighted by Crippen LogP contribution is -2.30. The van der Waals surface area contributed by atoms with Gasteiger partial charge in [-0.3, -0.25) is 0 Å². The summed E-state index contributed by atoms with van der Waals surface area (Å²) in [4.78, 5) is 20.0. The lowest BCUT2D eigenvalue weighted by Gasteiger charge is -2.21. The van der Waals surface area contributed by atoms with Crippen molar-refractivity contribution >= 4 is 62.5 Å². The van der Waals surface area contributed by atoms with Crippen molar-refractivity contribution in [2.75, 3.05) is 5.73 Å². The summed E-state index contributed by atoms with van der Waals surface area (Å²) in [5.74, 6) is 0.296. The smallest absolute Gasteiger partial charge is 0.200 e. The van der Waals surface area contributed by atoms with Gasteiger partial charge < -0.3 is 15.4 Å². The molecule has 0 spiro atoms. The van der Waals surface area contributed by atoms with E-state index in [-0.39, 0.29) is 10.1 Å². The molecule has 23 heavy (non-hydrogen) atoms. The van der Waals surface area contributed by atoms with Crippen LogP contribution in [0.3, 0.4) is 0 Å². The molecule has 0 amide bonds. The molecule has 1 atom stereocenters. The van der Waals surface area contributed by atoms with E-state index in [1.165, 1.54) is 11.3 Å². The minimum absolute atomic E-state index is 0.166. The van der Waals surface area contributed by atoms with Gasteiger partial charge in [0.25, 0.3) is 0 Å². The first-order chi connectivity index (χ1) is 10.8. The van der Waals surface area contributed by atoms with Crippen molar-refractivity contribution in [1.82, 2.24) is 24.9 Å². The van der Waals surface area contributed by atoms with Crippen LogP contribution in [0.25, 0.3) is 0 Å². The average molecular weight is 393 g/mol. The molecular weight excluding hydrogens is 380 g/mol. The Kier molecular flexibility index (Phi) is 6.20. The minimum atomic E-state index is -0.835. The molecule has 2 aromatic rings. The molecule has 0 aromatic carbocycles. The fourth-order valence-corrected chi connectivity index (χ4v) is 2.63. The van der Waals surface area contributed by atoms with Crippen molar-refractivity contribution in [3.8, 4) is 0 Å². The van der Waals surface area contributed by atoms with Gasteiger partial charge in [-0.2, -0.15) is 4.37 Å². The molecule has 13 heteroatoms. The van der Waals surface area contributed by atoms with Gasteiger partial charge in [0.1, 0.15) is 5.01 Å². The van der Waals surface area contributed by atoms with E-state index >= 15 is 0 Å². The molecule has 0 saturated heterocycles. The summed E-state index contributed by atoms with van der Waals surface area (Å²) in [6.07, 6.45) is -0.835. The Labute approximate surface area is 150 Å². The van der Waals surface area contributed by atoms with E-state index < -0.39 is 6.10 Å². The van der Waals surface area contributed by atoms with E-state index in [0.717, 1.165) is 16.5 Å². The molecule has 0 aliphatic rings. The number of thiocarbonyl (C=S) groups is 2. The molecule has 2 rings (SSSR count). The van der Waals surface area contributed by atoms with Crippen LogP contribution in [0, 0.1) is 6.92 Å². The van der Waals surface area contributed by atoms with Gasteiger partial charge in [0.2, 0.25) is 6.10 Å². The standard InChI is InChI=1S/C10H12N6O3S4/c1-4-13-14-9(22-4)7(8-12-10(11)23-15-8)19-16(17-5(2)20)18-6(3)21/h7H,1-3H3,(H2,11,12,15). The highest BCUT2D eigenvalue weighted by molar-refractivity contribution is 7.80. The Balaban J connectivity index is 2.28. The summed E-state index contributed by atoms with van der Waals surface area (Å²) >= 11 is 12.1. The maximum atomic E-state index is 5.63. The number of rotatable bonds is 6. The number of aryl methyl sites for hydroxylation is 1. The van der Waals surface area contributed by atoms with Crippen molar-refractivity contribution < 1.29 is 14.5 Å². The van der Waals surface area contributed by atoms with E-state index in [1.807, 2.05) is 6.92 Å². The van der Waals surface area contributed by atoms with Gasteiger partial charge in [-0.1, -0.05) is 11.3 Å². The lowest BCUT2D eigenvalue weighted by molar-refractivity contribution is -0.479. The summed E-state index contributed by atoms with van der Waals surface area (Å²) in [5, 5.41) is 10.6. The van der Waals surface area contributed by atoms with Crippen LogP contribution < -0.4 is 5.73 Å². The number of aromatic nitrogens is 4. The van der Waals surface area contributed by atoms with Crippen molar-refractivity contribution in [3.05, 3.63) is 15.8 Å². The van der Waals surface area contributed by atoms with Crippen LogP contribution in [0.4, 0.5) is 5.13 Å². The second-order valence-electron chi connectivity index (χ2n) is 4.02. The fourth-order valence-electron chi connectivity index (χ4n) is 1.33. The quantitative estimate of drug-likeness (QED) is 0.577. The molecule has 0 aliphatic heterocycles. The maximum Gasteiger partial charge on any atom is 0.200 e. The van der Waals surface area contributed by atoms with Crippen molar-refractivity contribution in [2.45, 2.75) is 26.9 Å². The first kappa shape index (κ1) is 18.0. The highest BCUT2D eigenvalue weighted by Gasteiger charge is 2.29. The van der Waals surface area contributed by atoms with E-state index in [0.29, 0.717) is 21.4 Å². The number of hydrogen-bond donors (Lipinski definition) is 1. The van der Waals surface area contributed by atoms with Crippen LogP contribution in [-0.4, -0.2) is 35.0 Å². The van der Waals surface area contributed by atoms with Gasteiger partial charge in [-0.15, -0.1) is 10.2 Å². The zero-order chi connectivity index (χ0) is 17.0. The van der Waals surface area contributed by atoms with Gasteiger partial charge >= 0.3 is 0 Å². The molecule has 2 heterocycles. The average Bonchev–Trinajstić information content (AvgIpc) is 3.03. The number of nitrogen functional groups attached to an aromatic ring is 1. The number of nitrogens with two attached hydrogens (primary N) is 1. The molecular formula is C10H12N6O3S4. The molecule has 0 fully saturated rings. The Bertz CT molecular complexity index is 648. The van der Waals surface area contributed by atoms with Crippen LogP contribution in [0.1, 0.15) is 35.8 Å². The lowest BCUT2D eigenvalue weighted by atomic mass is 10.3. The Morgan fingerprint density at radius 3 is 2.30 bits per heavy atom. The molecule has 1 unspecified atom stereocenters. The molecule has 0 radical (unpaired) electrons. The zero-order valence-corrected chi connectivity index (χ0v) is 15.5. The highest BCUT2D eigenvalue weighted by Crippen LogP contribution is 2.29. The molecule has 2 N–H and O–H groups in total. The normalized spacial score (nSPS) is 12.2. The second kappa shape index (κ2) is 7.94. The first-order valence-corrected chi connectivity index (χ1v) is 8.49. The number of hydrogen-bond acceptors (Lipinski definition) is 13. The third-order valence-electron chi connectivity index (χ3n) is 2.06. The molecule has 2 aromatic heterocycles.